The summed E-state index contributed by atoms with van der Waals surface area (Å²) in [7, 11) is 0. The summed E-state index contributed by atoms with van der Waals surface area (Å²) in [6, 6.07) is 4.28. The van der Waals surface area contributed by atoms with Gasteiger partial charge < -0.3 is 10.5 Å². The second-order valence-corrected chi connectivity index (χ2v) is 5.23. The monoisotopic (exact) mass is 297 g/mol. The van der Waals surface area contributed by atoms with Gasteiger partial charge in [-0.1, -0.05) is 22.0 Å². The lowest BCUT2D eigenvalue weighted by Crippen LogP contribution is -2.18. The molecule has 2 nitrogen and oxygen atoms in total. The minimum atomic E-state index is 0.130. The largest absolute Gasteiger partial charge is 0.493 e. The van der Waals surface area contributed by atoms with E-state index in [0.717, 1.165) is 34.2 Å². The van der Waals surface area contributed by atoms with E-state index in [0.29, 0.717) is 6.61 Å². The molecule has 0 aliphatic carbocycles. The van der Waals surface area contributed by atoms with Gasteiger partial charge in [0, 0.05) is 10.5 Å². The van der Waals surface area contributed by atoms with Gasteiger partial charge in [0.1, 0.15) is 5.75 Å². The summed E-state index contributed by atoms with van der Waals surface area (Å²) in [6.07, 6.45) is 3.54. The van der Waals surface area contributed by atoms with E-state index >= 15 is 0 Å². The number of aryl methyl sites for hydroxylation is 1. The predicted molar refractivity (Wildman–Crippen MR) is 76.5 cm³/mol. The number of rotatable bonds is 6. The Hall–Kier alpha value is -0.800. The van der Waals surface area contributed by atoms with Crippen molar-refractivity contribution in [1.29, 1.82) is 0 Å². The van der Waals surface area contributed by atoms with Gasteiger partial charge in [-0.3, -0.25) is 0 Å². The molecule has 0 heterocycles. The van der Waals surface area contributed by atoms with Gasteiger partial charge in [0.25, 0.3) is 0 Å². The van der Waals surface area contributed by atoms with E-state index in [9.17, 15) is 0 Å². The van der Waals surface area contributed by atoms with Crippen LogP contribution in [0.25, 0.3) is 0 Å². The third kappa shape index (κ3) is 4.52. The van der Waals surface area contributed by atoms with Crippen LogP contribution in [0.4, 0.5) is 0 Å². The minimum Gasteiger partial charge on any atom is -0.493 e. The van der Waals surface area contributed by atoms with Gasteiger partial charge in [-0.15, -0.1) is 6.58 Å². The Balaban J connectivity index is 2.93. The van der Waals surface area contributed by atoms with E-state index in [1.165, 1.54) is 0 Å². The van der Waals surface area contributed by atoms with Crippen LogP contribution in [-0.2, 0) is 6.42 Å². The average Bonchev–Trinajstić information content (AvgIpc) is 2.21. The number of hydrogen-bond acceptors (Lipinski definition) is 2. The van der Waals surface area contributed by atoms with Crippen LogP contribution in [-0.4, -0.2) is 12.6 Å². The summed E-state index contributed by atoms with van der Waals surface area (Å²) < 4.78 is 6.89. The zero-order chi connectivity index (χ0) is 12.8. The first-order valence-electron chi connectivity index (χ1n) is 5.83. The molecular formula is C14H20BrNO. The molecule has 0 spiro atoms. The van der Waals surface area contributed by atoms with Gasteiger partial charge in [-0.05, 0) is 49.9 Å². The standard InChI is InChI=1S/C14H20BrNO/c1-4-5-6-17-14-10(2)7-13(15)9-12(14)8-11(3)16/h4,7,9,11H,1,5-6,8,16H2,2-3H3. The van der Waals surface area contributed by atoms with E-state index < -0.39 is 0 Å². The zero-order valence-corrected chi connectivity index (χ0v) is 12.1. The molecule has 0 bridgehead atoms. The highest BCUT2D eigenvalue weighted by Gasteiger charge is 2.10. The number of halogens is 1. The van der Waals surface area contributed by atoms with Crippen molar-refractivity contribution in [2.45, 2.75) is 32.7 Å². The van der Waals surface area contributed by atoms with Crippen LogP contribution in [0.15, 0.2) is 29.3 Å². The van der Waals surface area contributed by atoms with Crippen molar-refractivity contribution in [3.63, 3.8) is 0 Å². The highest BCUT2D eigenvalue weighted by atomic mass is 79.9. The fraction of sp³-hybridized carbons (Fsp3) is 0.429. The minimum absolute atomic E-state index is 0.130. The van der Waals surface area contributed by atoms with E-state index in [1.54, 1.807) is 0 Å². The molecule has 0 fully saturated rings. The van der Waals surface area contributed by atoms with Crippen LogP contribution in [0.3, 0.4) is 0 Å². The number of benzene rings is 1. The first-order valence-corrected chi connectivity index (χ1v) is 6.62. The van der Waals surface area contributed by atoms with Crippen LogP contribution >= 0.6 is 15.9 Å². The summed E-state index contributed by atoms with van der Waals surface area (Å²) >= 11 is 3.51. The Morgan fingerprint density at radius 3 is 2.82 bits per heavy atom. The van der Waals surface area contributed by atoms with Gasteiger partial charge in [-0.25, -0.2) is 0 Å². The third-order valence-electron chi connectivity index (χ3n) is 2.43. The van der Waals surface area contributed by atoms with Crippen molar-refractivity contribution in [2.24, 2.45) is 5.73 Å². The van der Waals surface area contributed by atoms with Crippen molar-refractivity contribution >= 4 is 15.9 Å². The molecule has 0 aliphatic rings. The summed E-state index contributed by atoms with van der Waals surface area (Å²) in [5, 5.41) is 0. The highest BCUT2D eigenvalue weighted by molar-refractivity contribution is 9.10. The molecular weight excluding hydrogens is 278 g/mol. The van der Waals surface area contributed by atoms with Gasteiger partial charge >= 0.3 is 0 Å². The maximum absolute atomic E-state index is 5.86. The lowest BCUT2D eigenvalue weighted by Gasteiger charge is -2.16. The Morgan fingerprint density at radius 1 is 1.53 bits per heavy atom. The molecule has 1 rings (SSSR count). The molecule has 1 atom stereocenters. The van der Waals surface area contributed by atoms with Gasteiger partial charge in [0.05, 0.1) is 6.61 Å². The average molecular weight is 298 g/mol. The maximum atomic E-state index is 5.86. The van der Waals surface area contributed by atoms with Crippen molar-refractivity contribution in [2.75, 3.05) is 6.61 Å². The van der Waals surface area contributed by atoms with Crippen LogP contribution in [0.1, 0.15) is 24.5 Å². The van der Waals surface area contributed by atoms with E-state index in [2.05, 4.69) is 41.6 Å². The summed E-state index contributed by atoms with van der Waals surface area (Å²) in [6.45, 7) is 8.41. The fourth-order valence-electron chi connectivity index (χ4n) is 1.75. The first kappa shape index (κ1) is 14.3. The summed E-state index contributed by atoms with van der Waals surface area (Å²) in [5.41, 5.74) is 8.16. The van der Waals surface area contributed by atoms with E-state index in [1.807, 2.05) is 13.0 Å². The van der Waals surface area contributed by atoms with Gasteiger partial charge in [0.15, 0.2) is 0 Å². The normalized spacial score (nSPS) is 12.2. The number of ether oxygens (including phenoxy) is 1. The Morgan fingerprint density at radius 2 is 2.24 bits per heavy atom. The SMILES string of the molecule is C=CCCOc1c(C)cc(Br)cc1CC(C)N. The fourth-order valence-corrected chi connectivity index (χ4v) is 2.37. The third-order valence-corrected chi connectivity index (χ3v) is 2.88. The van der Waals surface area contributed by atoms with Crippen molar-refractivity contribution in [3.05, 3.63) is 40.4 Å². The molecule has 17 heavy (non-hydrogen) atoms. The molecule has 1 aromatic carbocycles. The summed E-state index contributed by atoms with van der Waals surface area (Å²) in [4.78, 5) is 0. The Kier molecular flexibility index (Phi) is 5.72. The second-order valence-electron chi connectivity index (χ2n) is 4.32. The lowest BCUT2D eigenvalue weighted by molar-refractivity contribution is 0.318. The van der Waals surface area contributed by atoms with Crippen molar-refractivity contribution < 1.29 is 4.74 Å². The van der Waals surface area contributed by atoms with E-state index in [-0.39, 0.29) is 6.04 Å². The predicted octanol–water partition coefficient (Wildman–Crippen LogP) is 3.60. The molecule has 1 aromatic rings. The molecule has 0 aliphatic heterocycles. The summed E-state index contributed by atoms with van der Waals surface area (Å²) in [5.74, 6) is 0.965. The van der Waals surface area contributed by atoms with Crippen molar-refractivity contribution in [3.8, 4) is 5.75 Å². The molecule has 0 aromatic heterocycles. The van der Waals surface area contributed by atoms with Crippen LogP contribution in [0.5, 0.6) is 5.75 Å². The molecule has 0 amide bonds. The van der Waals surface area contributed by atoms with Gasteiger partial charge in [0.2, 0.25) is 0 Å². The molecule has 94 valence electrons. The van der Waals surface area contributed by atoms with Gasteiger partial charge in [-0.2, -0.15) is 0 Å². The first-order chi connectivity index (χ1) is 8.04. The molecule has 3 heteroatoms. The maximum Gasteiger partial charge on any atom is 0.125 e. The smallest absolute Gasteiger partial charge is 0.125 e. The van der Waals surface area contributed by atoms with Crippen molar-refractivity contribution in [1.82, 2.24) is 0 Å². The molecule has 0 saturated carbocycles. The lowest BCUT2D eigenvalue weighted by atomic mass is 10.0. The van der Waals surface area contributed by atoms with Crippen LogP contribution in [0, 0.1) is 6.92 Å². The molecule has 0 saturated heterocycles. The zero-order valence-electron chi connectivity index (χ0n) is 10.5. The second kappa shape index (κ2) is 6.82. The molecule has 1 unspecified atom stereocenters. The quantitative estimate of drug-likeness (QED) is 0.643. The van der Waals surface area contributed by atoms with E-state index in [4.69, 9.17) is 10.5 Å². The topological polar surface area (TPSA) is 35.2 Å². The number of nitrogens with two attached hydrogens (primary N) is 1. The Labute approximate surface area is 112 Å². The number of hydrogen-bond donors (Lipinski definition) is 1. The van der Waals surface area contributed by atoms with Crippen LogP contribution < -0.4 is 10.5 Å². The van der Waals surface area contributed by atoms with Crippen LogP contribution in [0.2, 0.25) is 0 Å². The molecule has 2 N–H and O–H groups in total. The highest BCUT2D eigenvalue weighted by Crippen LogP contribution is 2.29. The molecule has 0 radical (unpaired) electrons. The Bertz CT molecular complexity index is 388.